The minimum Gasteiger partial charge on any atom is -0.212 e. The highest BCUT2D eigenvalue weighted by Gasteiger charge is 2.16. The summed E-state index contributed by atoms with van der Waals surface area (Å²) in [7, 11) is -3.60. The van der Waals surface area contributed by atoms with Crippen molar-refractivity contribution in [3.8, 4) is 0 Å². The Balaban J connectivity index is 2.07. The Morgan fingerprint density at radius 1 is 1.00 bits per heavy atom. The Hall–Kier alpha value is -1.14. The summed E-state index contributed by atoms with van der Waals surface area (Å²) in [6, 6.07) is 10.4. The van der Waals surface area contributed by atoms with Crippen molar-refractivity contribution in [1.82, 2.24) is 4.72 Å². The molecule has 0 aliphatic rings. The van der Waals surface area contributed by atoms with E-state index in [4.69, 9.17) is 23.2 Å². The molecule has 0 saturated carbocycles. The molecule has 21 heavy (non-hydrogen) atoms. The van der Waals surface area contributed by atoms with Gasteiger partial charge in [-0.2, -0.15) is 0 Å². The van der Waals surface area contributed by atoms with E-state index in [2.05, 4.69) is 4.72 Å². The van der Waals surface area contributed by atoms with Gasteiger partial charge < -0.3 is 0 Å². The van der Waals surface area contributed by atoms with Crippen LogP contribution in [0.25, 0.3) is 0 Å². The van der Waals surface area contributed by atoms with Gasteiger partial charge in [-0.25, -0.2) is 17.5 Å². The van der Waals surface area contributed by atoms with E-state index in [1.165, 1.54) is 24.3 Å². The third-order valence-corrected chi connectivity index (χ3v) is 4.77. The standard InChI is InChI=1S/C14H12Cl2FNO2S/c15-13-2-1-3-14(16)12(13)9-21(19,20)18-8-10-4-6-11(17)7-5-10/h1-7,18H,8-9H2. The zero-order chi connectivity index (χ0) is 15.5. The molecule has 2 aromatic rings. The summed E-state index contributed by atoms with van der Waals surface area (Å²) in [5, 5.41) is 0.601. The van der Waals surface area contributed by atoms with Crippen LogP contribution in [0.5, 0.6) is 0 Å². The van der Waals surface area contributed by atoms with Gasteiger partial charge in [-0.3, -0.25) is 0 Å². The fourth-order valence-electron chi connectivity index (χ4n) is 1.71. The first-order valence-corrected chi connectivity index (χ1v) is 8.43. The third-order valence-electron chi connectivity index (χ3n) is 2.81. The van der Waals surface area contributed by atoms with Gasteiger partial charge in [0, 0.05) is 22.2 Å². The fraction of sp³-hybridized carbons (Fsp3) is 0.143. The highest BCUT2D eigenvalue weighted by atomic mass is 35.5. The van der Waals surface area contributed by atoms with Crippen LogP contribution in [0.4, 0.5) is 4.39 Å². The average Bonchev–Trinajstić information content (AvgIpc) is 2.43. The number of hydrogen-bond donors (Lipinski definition) is 1. The highest BCUT2D eigenvalue weighted by Crippen LogP contribution is 2.25. The van der Waals surface area contributed by atoms with Crippen molar-refractivity contribution in [1.29, 1.82) is 0 Å². The molecule has 0 radical (unpaired) electrons. The van der Waals surface area contributed by atoms with Gasteiger partial charge in [-0.05, 0) is 29.8 Å². The molecule has 0 aliphatic carbocycles. The largest absolute Gasteiger partial charge is 0.216 e. The van der Waals surface area contributed by atoms with E-state index in [9.17, 15) is 12.8 Å². The first-order valence-electron chi connectivity index (χ1n) is 6.02. The summed E-state index contributed by atoms with van der Waals surface area (Å²) in [5.41, 5.74) is 1.01. The van der Waals surface area contributed by atoms with Crippen molar-refractivity contribution in [2.24, 2.45) is 0 Å². The molecule has 1 N–H and O–H groups in total. The van der Waals surface area contributed by atoms with Crippen molar-refractivity contribution >= 4 is 33.2 Å². The van der Waals surface area contributed by atoms with E-state index < -0.39 is 10.0 Å². The predicted octanol–water partition coefficient (Wildman–Crippen LogP) is 3.75. The second-order valence-electron chi connectivity index (χ2n) is 4.41. The number of hydrogen-bond acceptors (Lipinski definition) is 2. The summed E-state index contributed by atoms with van der Waals surface area (Å²) >= 11 is 11.9. The summed E-state index contributed by atoms with van der Waals surface area (Å²) in [6.45, 7) is 0.0741. The maximum atomic E-state index is 12.8. The number of benzene rings is 2. The number of sulfonamides is 1. The molecule has 112 valence electrons. The lowest BCUT2D eigenvalue weighted by molar-refractivity contribution is 0.580. The molecule has 0 saturated heterocycles. The minimum absolute atomic E-state index is 0.0741. The molecule has 0 atom stereocenters. The molecule has 0 heterocycles. The molecule has 7 heteroatoms. The number of rotatable bonds is 5. The van der Waals surface area contributed by atoms with E-state index in [1.54, 1.807) is 18.2 Å². The van der Waals surface area contributed by atoms with Gasteiger partial charge in [0.25, 0.3) is 0 Å². The van der Waals surface area contributed by atoms with Gasteiger partial charge in [0.15, 0.2) is 0 Å². The van der Waals surface area contributed by atoms with E-state index in [-0.39, 0.29) is 18.1 Å². The van der Waals surface area contributed by atoms with Crippen molar-refractivity contribution in [3.05, 3.63) is 69.5 Å². The molecule has 3 nitrogen and oxygen atoms in total. The molecule has 0 spiro atoms. The second-order valence-corrected chi connectivity index (χ2v) is 7.03. The van der Waals surface area contributed by atoms with E-state index in [0.717, 1.165) is 0 Å². The van der Waals surface area contributed by atoms with E-state index in [1.807, 2.05) is 0 Å². The molecule has 0 amide bonds. The Morgan fingerprint density at radius 2 is 1.57 bits per heavy atom. The van der Waals surface area contributed by atoms with Gasteiger partial charge in [-0.15, -0.1) is 0 Å². The smallest absolute Gasteiger partial charge is 0.212 e. The predicted molar refractivity (Wildman–Crippen MR) is 82.3 cm³/mol. The lowest BCUT2D eigenvalue weighted by Gasteiger charge is -2.09. The van der Waals surface area contributed by atoms with Gasteiger partial charge in [0.2, 0.25) is 10.0 Å². The van der Waals surface area contributed by atoms with Crippen molar-refractivity contribution < 1.29 is 12.8 Å². The van der Waals surface area contributed by atoms with E-state index >= 15 is 0 Å². The normalized spacial score (nSPS) is 11.6. The first kappa shape index (κ1) is 16.2. The monoisotopic (exact) mass is 347 g/mol. The lowest BCUT2D eigenvalue weighted by atomic mass is 10.2. The Bertz CT molecular complexity index is 713. The van der Waals surface area contributed by atoms with Crippen LogP contribution < -0.4 is 4.72 Å². The molecule has 0 bridgehead atoms. The summed E-state index contributed by atoms with van der Waals surface area (Å²) < 4.78 is 39.3. The van der Waals surface area contributed by atoms with Crippen LogP contribution in [-0.2, 0) is 22.3 Å². The fourth-order valence-corrected chi connectivity index (χ4v) is 3.58. The van der Waals surface area contributed by atoms with Crippen LogP contribution >= 0.6 is 23.2 Å². The Morgan fingerprint density at radius 3 is 2.14 bits per heavy atom. The molecular formula is C14H12Cl2FNO2S. The number of halogens is 3. The molecule has 2 aromatic carbocycles. The summed E-state index contributed by atoms with van der Waals surface area (Å²) in [4.78, 5) is 0. The minimum atomic E-state index is -3.60. The lowest BCUT2D eigenvalue weighted by Crippen LogP contribution is -2.25. The zero-order valence-electron chi connectivity index (χ0n) is 10.8. The second kappa shape index (κ2) is 6.75. The van der Waals surface area contributed by atoms with Crippen LogP contribution in [0.1, 0.15) is 11.1 Å². The first-order chi connectivity index (χ1) is 9.87. The molecular weight excluding hydrogens is 336 g/mol. The van der Waals surface area contributed by atoms with Crippen LogP contribution in [0.2, 0.25) is 10.0 Å². The van der Waals surface area contributed by atoms with Gasteiger partial charge in [0.1, 0.15) is 5.82 Å². The highest BCUT2D eigenvalue weighted by molar-refractivity contribution is 7.88. The van der Waals surface area contributed by atoms with E-state index in [0.29, 0.717) is 21.2 Å². The zero-order valence-corrected chi connectivity index (χ0v) is 13.1. The van der Waals surface area contributed by atoms with Crippen LogP contribution in [-0.4, -0.2) is 8.42 Å². The van der Waals surface area contributed by atoms with Crippen molar-refractivity contribution in [2.45, 2.75) is 12.3 Å². The molecule has 0 aliphatic heterocycles. The molecule has 0 unspecified atom stereocenters. The topological polar surface area (TPSA) is 46.2 Å². The van der Waals surface area contributed by atoms with Gasteiger partial charge >= 0.3 is 0 Å². The molecule has 0 fully saturated rings. The molecule has 2 rings (SSSR count). The number of nitrogens with one attached hydrogen (secondary N) is 1. The third kappa shape index (κ3) is 4.68. The van der Waals surface area contributed by atoms with Gasteiger partial charge in [-0.1, -0.05) is 41.4 Å². The summed E-state index contributed by atoms with van der Waals surface area (Å²) in [5.74, 6) is -0.684. The SMILES string of the molecule is O=S(=O)(Cc1c(Cl)cccc1Cl)NCc1ccc(F)cc1. The maximum Gasteiger partial charge on any atom is 0.216 e. The summed E-state index contributed by atoms with van der Waals surface area (Å²) in [6.07, 6.45) is 0. The van der Waals surface area contributed by atoms with Crippen molar-refractivity contribution in [2.75, 3.05) is 0 Å². The van der Waals surface area contributed by atoms with Gasteiger partial charge in [0.05, 0.1) is 5.75 Å². The Kier molecular flexibility index (Phi) is 5.22. The van der Waals surface area contributed by atoms with Crippen LogP contribution in [0, 0.1) is 5.82 Å². The van der Waals surface area contributed by atoms with Crippen LogP contribution in [0.3, 0.4) is 0 Å². The van der Waals surface area contributed by atoms with Crippen LogP contribution in [0.15, 0.2) is 42.5 Å². The average molecular weight is 348 g/mol. The Labute approximate surface area is 132 Å². The molecule has 0 aromatic heterocycles. The maximum absolute atomic E-state index is 12.8. The van der Waals surface area contributed by atoms with Crippen molar-refractivity contribution in [3.63, 3.8) is 0 Å². The quantitative estimate of drug-likeness (QED) is 0.895.